The Labute approximate surface area is 275 Å². The molecule has 248 valence electrons. The normalized spacial score (nSPS) is 16.9. The first kappa shape index (κ1) is 33.9. The van der Waals surface area contributed by atoms with Crippen LogP contribution in [0.4, 0.5) is 5.69 Å². The zero-order valence-corrected chi connectivity index (χ0v) is 29.0. The first-order valence-electron chi connectivity index (χ1n) is 17.0. The van der Waals surface area contributed by atoms with Crippen LogP contribution < -0.4 is 15.8 Å². The van der Waals surface area contributed by atoms with Crippen molar-refractivity contribution >= 4 is 11.6 Å². The molecule has 2 N–H and O–H groups in total. The average Bonchev–Trinajstić information content (AvgIpc) is 3.03. The number of rotatable bonds is 10. The minimum atomic E-state index is -0.160. The van der Waals surface area contributed by atoms with E-state index in [-0.39, 0.29) is 18.0 Å². The second-order valence-electron chi connectivity index (χ2n) is 13.5. The van der Waals surface area contributed by atoms with Crippen LogP contribution in [-0.4, -0.2) is 79.7 Å². The summed E-state index contributed by atoms with van der Waals surface area (Å²) in [6, 6.07) is 13.4. The first-order valence-corrected chi connectivity index (χ1v) is 17.0. The molecule has 3 heterocycles. The van der Waals surface area contributed by atoms with Crippen LogP contribution in [0.15, 0.2) is 41.2 Å². The molecule has 46 heavy (non-hydrogen) atoms. The maximum absolute atomic E-state index is 13.9. The summed E-state index contributed by atoms with van der Waals surface area (Å²) in [4.78, 5) is 36.9. The van der Waals surface area contributed by atoms with E-state index in [2.05, 4.69) is 77.1 Å². The highest BCUT2D eigenvalue weighted by atomic mass is 16.5. The summed E-state index contributed by atoms with van der Waals surface area (Å²) in [5.41, 5.74) is 9.63. The maximum atomic E-state index is 13.9. The van der Waals surface area contributed by atoms with Crippen molar-refractivity contribution in [3.05, 3.63) is 85.8 Å². The van der Waals surface area contributed by atoms with Crippen LogP contribution in [-0.2, 0) is 17.8 Å². The number of likely N-dealkylation sites (tertiary alicyclic amines) is 2. The number of ether oxygens (including phenoxy) is 1. The zero-order chi connectivity index (χ0) is 33.0. The number of aromatic amines is 1. The molecule has 0 saturated carbocycles. The lowest BCUT2D eigenvalue weighted by molar-refractivity contribution is 0.0388. The smallest absolute Gasteiger partial charge is 0.253 e. The molecule has 0 bridgehead atoms. The minimum absolute atomic E-state index is 0.151. The predicted molar refractivity (Wildman–Crippen MR) is 188 cm³/mol. The number of pyridine rings is 1. The van der Waals surface area contributed by atoms with Gasteiger partial charge in [0, 0.05) is 68.4 Å². The SMILES string of the molecule is CCN(c1cc(-c2ccc(CN3CCC(OC)CC3)c(C)c2)cc(C(=O)NCc2c(C)cc(C)[nH]c2=O)c1C)C1CCN(C)CC1. The fourth-order valence-electron chi connectivity index (χ4n) is 7.29. The number of H-pyrrole nitrogens is 1. The first-order chi connectivity index (χ1) is 22.1. The summed E-state index contributed by atoms with van der Waals surface area (Å²) < 4.78 is 5.57. The highest BCUT2D eigenvalue weighted by Crippen LogP contribution is 2.35. The molecule has 0 spiro atoms. The number of nitrogens with one attached hydrogen (secondary N) is 2. The summed E-state index contributed by atoms with van der Waals surface area (Å²) in [7, 11) is 4.00. The third-order valence-corrected chi connectivity index (χ3v) is 10.3. The van der Waals surface area contributed by atoms with Gasteiger partial charge in [-0.15, -0.1) is 0 Å². The number of benzene rings is 2. The monoisotopic (exact) mass is 627 g/mol. The molecule has 2 aromatic carbocycles. The molecule has 2 aliphatic rings. The van der Waals surface area contributed by atoms with Crippen molar-refractivity contribution in [3.63, 3.8) is 0 Å². The van der Waals surface area contributed by atoms with Gasteiger partial charge in [0.1, 0.15) is 0 Å². The number of nitrogens with zero attached hydrogens (tertiary/aromatic N) is 3. The molecule has 2 saturated heterocycles. The van der Waals surface area contributed by atoms with Crippen molar-refractivity contribution in [2.75, 3.05) is 51.8 Å². The molecule has 3 aromatic rings. The molecule has 1 amide bonds. The van der Waals surface area contributed by atoms with Gasteiger partial charge in [-0.25, -0.2) is 0 Å². The number of piperidine rings is 2. The Hall–Kier alpha value is -3.46. The molecule has 0 radical (unpaired) electrons. The lowest BCUT2D eigenvalue weighted by Crippen LogP contribution is -2.44. The van der Waals surface area contributed by atoms with Crippen molar-refractivity contribution in [2.45, 2.75) is 85.5 Å². The van der Waals surface area contributed by atoms with Gasteiger partial charge in [-0.3, -0.25) is 14.5 Å². The standard InChI is InChI=1S/C38H53N5O3/c1-8-43(32-11-15-41(6)16-12-32)36-22-31(29-9-10-30(25(2)20-29)24-42-17-13-33(46-7)14-18-42)21-34(28(36)5)37(44)39-23-35-26(3)19-27(4)40-38(35)45/h9-10,19-22,32-33H,8,11-18,23-24H2,1-7H3,(H,39,44)(H,40,45). The van der Waals surface area contributed by atoms with E-state index in [1.807, 2.05) is 33.1 Å². The second kappa shape index (κ2) is 15.0. The van der Waals surface area contributed by atoms with Gasteiger partial charge in [0.15, 0.2) is 0 Å². The summed E-state index contributed by atoms with van der Waals surface area (Å²) >= 11 is 0. The number of hydrogen-bond acceptors (Lipinski definition) is 6. The highest BCUT2D eigenvalue weighted by molar-refractivity contribution is 5.99. The average molecular weight is 628 g/mol. The van der Waals surface area contributed by atoms with E-state index in [4.69, 9.17) is 4.74 Å². The zero-order valence-electron chi connectivity index (χ0n) is 29.0. The Morgan fingerprint density at radius 2 is 1.67 bits per heavy atom. The van der Waals surface area contributed by atoms with Crippen LogP contribution in [0.3, 0.4) is 0 Å². The molecule has 0 aliphatic carbocycles. The molecule has 1 aromatic heterocycles. The summed E-state index contributed by atoms with van der Waals surface area (Å²) in [6.07, 6.45) is 4.73. The number of aromatic nitrogens is 1. The van der Waals surface area contributed by atoms with E-state index in [9.17, 15) is 9.59 Å². The van der Waals surface area contributed by atoms with Gasteiger partial charge in [-0.2, -0.15) is 0 Å². The van der Waals surface area contributed by atoms with E-state index in [0.29, 0.717) is 23.3 Å². The van der Waals surface area contributed by atoms with Gasteiger partial charge < -0.3 is 24.8 Å². The molecule has 8 nitrogen and oxygen atoms in total. The number of methoxy groups -OCH3 is 1. The lowest BCUT2D eigenvalue weighted by Gasteiger charge is -2.39. The van der Waals surface area contributed by atoms with Crippen LogP contribution in [0, 0.1) is 27.7 Å². The van der Waals surface area contributed by atoms with Gasteiger partial charge in [0.05, 0.1) is 6.10 Å². The number of carbonyl (C=O) groups is 1. The number of carbonyl (C=O) groups excluding carboxylic acids is 1. The lowest BCUT2D eigenvalue weighted by atomic mass is 9.93. The van der Waals surface area contributed by atoms with Crippen molar-refractivity contribution in [1.82, 2.24) is 20.1 Å². The number of hydrogen-bond donors (Lipinski definition) is 2. The van der Waals surface area contributed by atoms with Gasteiger partial charge in [-0.1, -0.05) is 18.2 Å². The van der Waals surface area contributed by atoms with Gasteiger partial charge in [0.2, 0.25) is 0 Å². The molecule has 8 heteroatoms. The fraction of sp³-hybridized carbons (Fsp3) is 0.526. The topological polar surface area (TPSA) is 80.9 Å². The molecule has 2 aliphatic heterocycles. The number of amides is 1. The summed E-state index contributed by atoms with van der Waals surface area (Å²) in [6.45, 7) is 16.5. The fourth-order valence-corrected chi connectivity index (χ4v) is 7.29. The molecular formula is C38H53N5O3. The van der Waals surface area contributed by atoms with Crippen LogP contribution >= 0.6 is 0 Å². The Morgan fingerprint density at radius 3 is 2.30 bits per heavy atom. The van der Waals surface area contributed by atoms with Crippen LogP contribution in [0.25, 0.3) is 11.1 Å². The maximum Gasteiger partial charge on any atom is 0.253 e. The van der Waals surface area contributed by atoms with E-state index in [0.717, 1.165) is 98.6 Å². The molecular weight excluding hydrogens is 574 g/mol. The van der Waals surface area contributed by atoms with Gasteiger partial charge in [-0.05, 0) is 132 Å². The van der Waals surface area contributed by atoms with Gasteiger partial charge >= 0.3 is 0 Å². The van der Waals surface area contributed by atoms with Crippen LogP contribution in [0.2, 0.25) is 0 Å². The number of anilines is 1. The minimum Gasteiger partial charge on any atom is -0.381 e. The molecule has 2 fully saturated rings. The Bertz CT molecular complexity index is 1580. The van der Waals surface area contributed by atoms with Crippen molar-refractivity contribution < 1.29 is 9.53 Å². The third-order valence-electron chi connectivity index (χ3n) is 10.3. The van der Waals surface area contributed by atoms with Crippen LogP contribution in [0.5, 0.6) is 0 Å². The third kappa shape index (κ3) is 7.73. The molecule has 0 unspecified atom stereocenters. The Kier molecular flexibility index (Phi) is 11.0. The number of aryl methyl sites for hydroxylation is 3. The van der Waals surface area contributed by atoms with Crippen LogP contribution in [0.1, 0.15) is 76.5 Å². The van der Waals surface area contributed by atoms with Crippen molar-refractivity contribution in [3.8, 4) is 11.1 Å². The Morgan fingerprint density at radius 1 is 0.957 bits per heavy atom. The van der Waals surface area contributed by atoms with E-state index < -0.39 is 0 Å². The predicted octanol–water partition coefficient (Wildman–Crippen LogP) is 5.74. The van der Waals surface area contributed by atoms with Crippen molar-refractivity contribution in [2.24, 2.45) is 0 Å². The Balaban J connectivity index is 1.47. The second-order valence-corrected chi connectivity index (χ2v) is 13.5. The van der Waals surface area contributed by atoms with E-state index in [1.165, 1.54) is 11.1 Å². The molecule has 5 rings (SSSR count). The summed E-state index contributed by atoms with van der Waals surface area (Å²) in [5.74, 6) is -0.160. The van der Waals surface area contributed by atoms with E-state index in [1.54, 1.807) is 0 Å². The quantitative estimate of drug-likeness (QED) is 0.299. The highest BCUT2D eigenvalue weighted by Gasteiger charge is 2.26. The van der Waals surface area contributed by atoms with Crippen molar-refractivity contribution in [1.29, 1.82) is 0 Å². The summed E-state index contributed by atoms with van der Waals surface area (Å²) in [5, 5.41) is 3.08. The molecule has 0 atom stereocenters. The van der Waals surface area contributed by atoms with Gasteiger partial charge in [0.25, 0.3) is 11.5 Å². The largest absolute Gasteiger partial charge is 0.381 e. The van der Waals surface area contributed by atoms with E-state index >= 15 is 0 Å².